The molecule has 33 heavy (non-hydrogen) atoms. The average Bonchev–Trinajstić information content (AvgIpc) is 3.36. The summed E-state index contributed by atoms with van der Waals surface area (Å²) in [7, 11) is 0. The number of benzene rings is 1. The van der Waals surface area contributed by atoms with E-state index in [1.54, 1.807) is 6.92 Å². The predicted octanol–water partition coefficient (Wildman–Crippen LogP) is -0.0542. The van der Waals surface area contributed by atoms with Crippen LogP contribution >= 0.6 is 0 Å². The van der Waals surface area contributed by atoms with E-state index in [0.29, 0.717) is 19.5 Å². The molecule has 12 nitrogen and oxygen atoms in total. The Morgan fingerprint density at radius 2 is 1.88 bits per heavy atom. The molecule has 1 aliphatic heterocycles. The molecule has 4 rings (SSSR count). The lowest BCUT2D eigenvalue weighted by Crippen LogP contribution is -2.42. The standard InChI is InChI=1S/C21H25N7O5/c1-2-22-19(31)16-14(29)15(30)20(33-16)28-11-26-13-17(24-10-25-18(13)28)27-21(32)23-9-8-12-6-4-3-5-7-12/h3-7,10-11,14-16,20,29-30H,2,8-9H2,1H3,(H,22,31)(H2,23,24,25,27,32). The molecule has 174 valence electrons. The Hall–Kier alpha value is -3.61. The molecule has 12 heteroatoms. The van der Waals surface area contributed by atoms with Gasteiger partial charge in [-0.15, -0.1) is 0 Å². The first-order valence-electron chi connectivity index (χ1n) is 10.5. The van der Waals surface area contributed by atoms with Crippen LogP contribution in [-0.4, -0.2) is 73.1 Å². The molecule has 4 unspecified atom stereocenters. The van der Waals surface area contributed by atoms with E-state index >= 15 is 0 Å². The molecule has 0 bridgehead atoms. The molecule has 1 aliphatic rings. The van der Waals surface area contributed by atoms with Crippen molar-refractivity contribution in [2.75, 3.05) is 18.4 Å². The van der Waals surface area contributed by atoms with Gasteiger partial charge in [-0.05, 0) is 18.9 Å². The van der Waals surface area contributed by atoms with E-state index in [9.17, 15) is 19.8 Å². The number of hydrogen-bond acceptors (Lipinski definition) is 8. The summed E-state index contributed by atoms with van der Waals surface area (Å²) in [5, 5.41) is 28.7. The number of anilines is 1. The van der Waals surface area contributed by atoms with E-state index < -0.39 is 36.5 Å². The minimum Gasteiger partial charge on any atom is -0.387 e. The van der Waals surface area contributed by atoms with Crippen molar-refractivity contribution in [3.8, 4) is 0 Å². The van der Waals surface area contributed by atoms with Crippen LogP contribution in [0.15, 0.2) is 43.0 Å². The van der Waals surface area contributed by atoms with Gasteiger partial charge in [0.25, 0.3) is 5.91 Å². The third-order valence-electron chi connectivity index (χ3n) is 5.25. The minimum atomic E-state index is -1.42. The first-order chi connectivity index (χ1) is 16.0. The highest BCUT2D eigenvalue weighted by atomic mass is 16.6. The second-order valence-corrected chi connectivity index (χ2v) is 7.49. The second-order valence-electron chi connectivity index (χ2n) is 7.49. The highest BCUT2D eigenvalue weighted by molar-refractivity contribution is 5.95. The molecule has 3 amide bonds. The van der Waals surface area contributed by atoms with Gasteiger partial charge in [0, 0.05) is 13.1 Å². The largest absolute Gasteiger partial charge is 0.387 e. The van der Waals surface area contributed by atoms with Crippen molar-refractivity contribution in [2.24, 2.45) is 0 Å². The smallest absolute Gasteiger partial charge is 0.320 e. The zero-order valence-corrected chi connectivity index (χ0v) is 17.9. The SMILES string of the molecule is CCNC(=O)C1OC(n2cnc3c(NC(=O)NCCc4ccccc4)ncnc32)C(O)C1O. The summed E-state index contributed by atoms with van der Waals surface area (Å²) < 4.78 is 7.01. The van der Waals surface area contributed by atoms with Crippen molar-refractivity contribution in [1.82, 2.24) is 30.2 Å². The van der Waals surface area contributed by atoms with Gasteiger partial charge in [-0.3, -0.25) is 14.7 Å². The van der Waals surface area contributed by atoms with Crippen molar-refractivity contribution in [1.29, 1.82) is 0 Å². The first-order valence-corrected chi connectivity index (χ1v) is 10.5. The highest BCUT2D eigenvalue weighted by Crippen LogP contribution is 2.32. The molecular formula is C21H25N7O5. The van der Waals surface area contributed by atoms with Crippen LogP contribution in [0.5, 0.6) is 0 Å². The fraction of sp³-hybridized carbons (Fsp3) is 0.381. The molecule has 4 atom stereocenters. The predicted molar refractivity (Wildman–Crippen MR) is 117 cm³/mol. The third-order valence-corrected chi connectivity index (χ3v) is 5.25. The number of carbonyl (C=O) groups is 2. The number of imidazole rings is 1. The average molecular weight is 455 g/mol. The number of rotatable bonds is 7. The lowest BCUT2D eigenvalue weighted by molar-refractivity contribution is -0.137. The Bertz CT molecular complexity index is 1120. The summed E-state index contributed by atoms with van der Waals surface area (Å²) in [6.07, 6.45) is -1.89. The number of aromatic nitrogens is 4. The molecular weight excluding hydrogens is 430 g/mol. The maximum atomic E-state index is 12.3. The number of hydrogen-bond donors (Lipinski definition) is 5. The number of nitrogens with one attached hydrogen (secondary N) is 3. The number of aliphatic hydroxyl groups is 2. The summed E-state index contributed by atoms with van der Waals surface area (Å²) in [6.45, 7) is 2.52. The maximum absolute atomic E-state index is 12.3. The summed E-state index contributed by atoms with van der Waals surface area (Å²) >= 11 is 0. The zero-order chi connectivity index (χ0) is 23.4. The highest BCUT2D eigenvalue weighted by Gasteiger charge is 2.47. The molecule has 3 heterocycles. The Balaban J connectivity index is 1.45. The van der Waals surface area contributed by atoms with Gasteiger partial charge in [-0.2, -0.15) is 0 Å². The minimum absolute atomic E-state index is 0.171. The van der Waals surface area contributed by atoms with Gasteiger partial charge < -0.3 is 25.6 Å². The number of urea groups is 1. The molecule has 1 saturated heterocycles. The van der Waals surface area contributed by atoms with Gasteiger partial charge >= 0.3 is 6.03 Å². The van der Waals surface area contributed by atoms with Crippen molar-refractivity contribution < 1.29 is 24.5 Å². The van der Waals surface area contributed by atoms with Gasteiger partial charge in [0.15, 0.2) is 29.3 Å². The molecule has 0 radical (unpaired) electrons. The van der Waals surface area contributed by atoms with Gasteiger partial charge in [-0.25, -0.2) is 19.7 Å². The summed E-state index contributed by atoms with van der Waals surface area (Å²) in [5.74, 6) is -0.357. The number of ether oxygens (including phenoxy) is 1. The first kappa shape index (κ1) is 22.6. The van der Waals surface area contributed by atoms with Crippen molar-refractivity contribution in [3.63, 3.8) is 0 Å². The number of fused-ring (bicyclic) bond motifs is 1. The number of carbonyl (C=O) groups excluding carboxylic acids is 2. The van der Waals surface area contributed by atoms with Gasteiger partial charge in [0.2, 0.25) is 0 Å². The molecule has 0 aliphatic carbocycles. The van der Waals surface area contributed by atoms with E-state index in [4.69, 9.17) is 4.74 Å². The molecule has 0 saturated carbocycles. The van der Waals surface area contributed by atoms with Crippen LogP contribution in [0.4, 0.5) is 10.6 Å². The normalized spacial score (nSPS) is 22.3. The van der Waals surface area contributed by atoms with Crippen molar-refractivity contribution >= 4 is 28.9 Å². The Morgan fingerprint density at radius 1 is 1.09 bits per heavy atom. The zero-order valence-electron chi connectivity index (χ0n) is 17.9. The lowest BCUT2D eigenvalue weighted by atomic mass is 10.1. The van der Waals surface area contributed by atoms with E-state index in [1.807, 2.05) is 30.3 Å². The topological polar surface area (TPSA) is 164 Å². The number of nitrogens with zero attached hydrogens (tertiary/aromatic N) is 4. The van der Waals surface area contributed by atoms with Gasteiger partial charge in [0.05, 0.1) is 6.33 Å². The van der Waals surface area contributed by atoms with E-state index in [-0.39, 0.29) is 17.0 Å². The summed E-state index contributed by atoms with van der Waals surface area (Å²) in [5.41, 5.74) is 1.63. The summed E-state index contributed by atoms with van der Waals surface area (Å²) in [6, 6.07) is 9.31. The van der Waals surface area contributed by atoms with Gasteiger partial charge in [0.1, 0.15) is 18.5 Å². The molecule has 1 fully saturated rings. The fourth-order valence-corrected chi connectivity index (χ4v) is 3.63. The van der Waals surface area contributed by atoms with Crippen molar-refractivity contribution in [3.05, 3.63) is 48.5 Å². The Morgan fingerprint density at radius 3 is 2.64 bits per heavy atom. The van der Waals surface area contributed by atoms with Crippen LogP contribution in [0.1, 0.15) is 18.7 Å². The van der Waals surface area contributed by atoms with Crippen LogP contribution in [0.2, 0.25) is 0 Å². The monoisotopic (exact) mass is 455 g/mol. The second kappa shape index (κ2) is 9.90. The Kier molecular flexibility index (Phi) is 6.77. The van der Waals surface area contributed by atoms with E-state index in [1.165, 1.54) is 17.2 Å². The van der Waals surface area contributed by atoms with Crippen LogP contribution in [0.25, 0.3) is 11.2 Å². The van der Waals surface area contributed by atoms with Crippen LogP contribution < -0.4 is 16.0 Å². The molecule has 1 aromatic carbocycles. The molecule has 3 aromatic rings. The quantitative estimate of drug-likeness (QED) is 0.331. The molecule has 0 spiro atoms. The van der Waals surface area contributed by atoms with Crippen LogP contribution in [0, 0.1) is 0 Å². The van der Waals surface area contributed by atoms with Crippen molar-refractivity contribution in [2.45, 2.75) is 37.9 Å². The lowest BCUT2D eigenvalue weighted by Gasteiger charge is -2.16. The third kappa shape index (κ3) is 4.77. The summed E-state index contributed by atoms with van der Waals surface area (Å²) in [4.78, 5) is 36.9. The van der Waals surface area contributed by atoms with Crippen LogP contribution in [-0.2, 0) is 16.0 Å². The van der Waals surface area contributed by atoms with E-state index in [2.05, 4.69) is 30.9 Å². The number of likely N-dealkylation sites (N-methyl/N-ethyl adjacent to an activating group) is 1. The fourth-order valence-electron chi connectivity index (χ4n) is 3.63. The number of amides is 3. The maximum Gasteiger partial charge on any atom is 0.320 e. The molecule has 2 aromatic heterocycles. The van der Waals surface area contributed by atoms with Gasteiger partial charge in [-0.1, -0.05) is 30.3 Å². The van der Waals surface area contributed by atoms with Crippen LogP contribution in [0.3, 0.4) is 0 Å². The molecule has 5 N–H and O–H groups in total. The number of aliphatic hydroxyl groups excluding tert-OH is 2. The Labute approximate surface area is 189 Å². The van der Waals surface area contributed by atoms with E-state index in [0.717, 1.165) is 5.56 Å².